The van der Waals surface area contributed by atoms with Crippen molar-refractivity contribution in [3.63, 3.8) is 0 Å². The highest BCUT2D eigenvalue weighted by Crippen LogP contribution is 2.22. The van der Waals surface area contributed by atoms with E-state index in [0.717, 1.165) is 5.56 Å². The Morgan fingerprint density at radius 1 is 1.24 bits per heavy atom. The van der Waals surface area contributed by atoms with Crippen LogP contribution in [0.2, 0.25) is 0 Å². The average molecular weight is 413 g/mol. The Hall–Kier alpha value is -3.00. The molecule has 3 amide bonds. The summed E-state index contributed by atoms with van der Waals surface area (Å²) in [6.07, 6.45) is 4.20. The van der Waals surface area contributed by atoms with E-state index >= 15 is 0 Å². The van der Waals surface area contributed by atoms with Crippen LogP contribution in [0.5, 0.6) is 0 Å². The first-order chi connectivity index (χ1) is 14.0. The number of hydrogen-bond acceptors (Lipinski definition) is 5. The zero-order chi connectivity index (χ0) is 20.8. The lowest BCUT2D eigenvalue weighted by molar-refractivity contribution is -0.128. The summed E-state index contributed by atoms with van der Waals surface area (Å²) in [6.45, 7) is 5.09. The highest BCUT2D eigenvalue weighted by Gasteiger charge is 2.34. The second kappa shape index (κ2) is 9.47. The van der Waals surface area contributed by atoms with Gasteiger partial charge in [-0.25, -0.2) is 4.79 Å². The third-order valence-electron chi connectivity index (χ3n) is 4.90. The van der Waals surface area contributed by atoms with Crippen LogP contribution in [0.3, 0.4) is 0 Å². The van der Waals surface area contributed by atoms with E-state index in [1.165, 1.54) is 4.90 Å². The lowest BCUT2D eigenvalue weighted by Crippen LogP contribution is -2.54. The van der Waals surface area contributed by atoms with Crippen LogP contribution in [0, 0.1) is 5.92 Å². The molecule has 2 fully saturated rings. The number of likely N-dealkylation sites (tertiary alicyclic amines) is 1. The van der Waals surface area contributed by atoms with Crippen LogP contribution in [-0.4, -0.2) is 52.5 Å². The molecule has 3 rings (SSSR count). The Morgan fingerprint density at radius 3 is 2.59 bits per heavy atom. The predicted molar refractivity (Wildman–Crippen MR) is 112 cm³/mol. The smallest absolute Gasteiger partial charge is 0.410 e. The van der Waals surface area contributed by atoms with Crippen LogP contribution in [-0.2, 0) is 20.9 Å². The number of allylic oxidation sites excluding steroid dienone is 1. The summed E-state index contributed by atoms with van der Waals surface area (Å²) in [5.74, 6) is -0.872. The van der Waals surface area contributed by atoms with Crippen LogP contribution >= 0.6 is 12.2 Å². The van der Waals surface area contributed by atoms with Crippen molar-refractivity contribution in [3.05, 3.63) is 60.2 Å². The van der Waals surface area contributed by atoms with Crippen LogP contribution in [0.4, 0.5) is 4.79 Å². The summed E-state index contributed by atoms with van der Waals surface area (Å²) in [6, 6.07) is 9.51. The zero-order valence-corrected chi connectivity index (χ0v) is 16.8. The molecule has 1 N–H and O–H groups in total. The van der Waals surface area contributed by atoms with Gasteiger partial charge in [0.25, 0.3) is 11.8 Å². The summed E-state index contributed by atoms with van der Waals surface area (Å²) in [5.41, 5.74) is 1.02. The molecule has 1 aromatic carbocycles. The standard InChI is InChI=1S/C21H23N3O4S/c1-2-10-24-19(26)17(18(25)22-20(24)29)13-15-8-11-23(12-9-15)21(27)28-14-16-6-4-3-5-7-16/h2-7,13,15H,1,8-12,14H2,(H,22,25,29)/b17-13+. The van der Waals surface area contributed by atoms with Crippen molar-refractivity contribution < 1.29 is 19.1 Å². The summed E-state index contributed by atoms with van der Waals surface area (Å²) < 4.78 is 5.36. The molecule has 29 heavy (non-hydrogen) atoms. The molecule has 1 aromatic rings. The maximum Gasteiger partial charge on any atom is 0.410 e. The lowest BCUT2D eigenvalue weighted by atomic mass is 9.93. The topological polar surface area (TPSA) is 79.0 Å². The van der Waals surface area contributed by atoms with Crippen molar-refractivity contribution in [2.75, 3.05) is 19.6 Å². The monoisotopic (exact) mass is 413 g/mol. The van der Waals surface area contributed by atoms with E-state index in [1.54, 1.807) is 17.1 Å². The number of carbonyl (C=O) groups excluding carboxylic acids is 3. The summed E-state index contributed by atoms with van der Waals surface area (Å²) in [7, 11) is 0. The highest BCUT2D eigenvalue weighted by molar-refractivity contribution is 7.80. The van der Waals surface area contributed by atoms with Crippen molar-refractivity contribution >= 4 is 35.2 Å². The van der Waals surface area contributed by atoms with Crippen molar-refractivity contribution in [2.24, 2.45) is 5.92 Å². The van der Waals surface area contributed by atoms with Crippen molar-refractivity contribution in [3.8, 4) is 0 Å². The Kier molecular flexibility index (Phi) is 6.77. The number of ether oxygens (including phenoxy) is 1. The van der Waals surface area contributed by atoms with Gasteiger partial charge in [0.2, 0.25) is 0 Å². The summed E-state index contributed by atoms with van der Waals surface area (Å²) >= 11 is 5.05. The molecule has 0 aromatic heterocycles. The minimum Gasteiger partial charge on any atom is -0.445 e. The normalized spacial score (nSPS) is 19.3. The van der Waals surface area contributed by atoms with Gasteiger partial charge in [0.05, 0.1) is 0 Å². The number of nitrogens with one attached hydrogen (secondary N) is 1. The van der Waals surface area contributed by atoms with Crippen LogP contribution in [0.1, 0.15) is 18.4 Å². The molecule has 8 heteroatoms. The first-order valence-corrected chi connectivity index (χ1v) is 9.86. The van der Waals surface area contributed by atoms with Gasteiger partial charge in [0.1, 0.15) is 12.2 Å². The molecule has 2 aliphatic rings. The second-order valence-electron chi connectivity index (χ2n) is 6.91. The van der Waals surface area contributed by atoms with Crippen LogP contribution < -0.4 is 5.32 Å². The number of thiocarbonyl (C=S) groups is 1. The van der Waals surface area contributed by atoms with Crippen molar-refractivity contribution in [1.29, 1.82) is 0 Å². The number of benzene rings is 1. The van der Waals surface area contributed by atoms with E-state index in [0.29, 0.717) is 25.9 Å². The first kappa shape index (κ1) is 20.7. The van der Waals surface area contributed by atoms with E-state index < -0.39 is 11.8 Å². The molecular weight excluding hydrogens is 390 g/mol. The minimum absolute atomic E-state index is 0.0233. The fraction of sp³-hybridized carbons (Fsp3) is 0.333. The van der Waals surface area contributed by atoms with Gasteiger partial charge in [0, 0.05) is 19.6 Å². The minimum atomic E-state index is -0.481. The van der Waals surface area contributed by atoms with E-state index in [-0.39, 0.29) is 35.8 Å². The Labute approximate surface area is 175 Å². The zero-order valence-electron chi connectivity index (χ0n) is 16.0. The molecule has 0 atom stereocenters. The molecule has 2 saturated heterocycles. The molecule has 0 unspecified atom stereocenters. The highest BCUT2D eigenvalue weighted by atomic mass is 32.1. The number of piperidine rings is 1. The fourth-order valence-electron chi connectivity index (χ4n) is 3.30. The Balaban J connectivity index is 1.55. The Bertz CT molecular complexity index is 845. The average Bonchev–Trinajstić information content (AvgIpc) is 2.73. The second-order valence-corrected chi connectivity index (χ2v) is 7.30. The quantitative estimate of drug-likeness (QED) is 0.347. The number of nitrogens with zero attached hydrogens (tertiary/aromatic N) is 2. The molecule has 7 nitrogen and oxygen atoms in total. The number of rotatable bonds is 5. The fourth-order valence-corrected chi connectivity index (χ4v) is 3.55. The lowest BCUT2D eigenvalue weighted by Gasteiger charge is -2.32. The largest absolute Gasteiger partial charge is 0.445 e. The van der Waals surface area contributed by atoms with Gasteiger partial charge < -0.3 is 9.64 Å². The summed E-state index contributed by atoms with van der Waals surface area (Å²) in [5, 5.41) is 2.63. The van der Waals surface area contributed by atoms with Crippen molar-refractivity contribution in [2.45, 2.75) is 19.4 Å². The van der Waals surface area contributed by atoms with Gasteiger partial charge >= 0.3 is 6.09 Å². The summed E-state index contributed by atoms with van der Waals surface area (Å²) in [4.78, 5) is 40.0. The maximum absolute atomic E-state index is 12.6. The molecule has 0 spiro atoms. The third kappa shape index (κ3) is 5.08. The van der Waals surface area contributed by atoms with Gasteiger partial charge in [-0.15, -0.1) is 6.58 Å². The van der Waals surface area contributed by atoms with Gasteiger partial charge in [-0.05, 0) is 36.5 Å². The molecule has 0 saturated carbocycles. The van der Waals surface area contributed by atoms with E-state index in [4.69, 9.17) is 17.0 Å². The predicted octanol–water partition coefficient (Wildman–Crippen LogP) is 2.39. The van der Waals surface area contributed by atoms with Crippen LogP contribution in [0.15, 0.2) is 54.6 Å². The number of carbonyl (C=O) groups is 3. The van der Waals surface area contributed by atoms with E-state index in [1.807, 2.05) is 30.3 Å². The van der Waals surface area contributed by atoms with Gasteiger partial charge in [0.15, 0.2) is 5.11 Å². The maximum atomic E-state index is 12.6. The molecule has 0 radical (unpaired) electrons. The molecule has 152 valence electrons. The molecule has 0 bridgehead atoms. The number of amides is 3. The van der Waals surface area contributed by atoms with Gasteiger partial charge in [-0.2, -0.15) is 0 Å². The molecular formula is C21H23N3O4S. The van der Waals surface area contributed by atoms with Gasteiger partial charge in [-0.3, -0.25) is 19.8 Å². The third-order valence-corrected chi connectivity index (χ3v) is 5.23. The molecule has 2 aliphatic heterocycles. The molecule has 2 heterocycles. The van der Waals surface area contributed by atoms with E-state index in [9.17, 15) is 14.4 Å². The van der Waals surface area contributed by atoms with Crippen molar-refractivity contribution in [1.82, 2.24) is 15.1 Å². The Morgan fingerprint density at radius 2 is 1.93 bits per heavy atom. The first-order valence-electron chi connectivity index (χ1n) is 9.45. The molecule has 0 aliphatic carbocycles. The van der Waals surface area contributed by atoms with Crippen LogP contribution in [0.25, 0.3) is 0 Å². The number of hydrogen-bond donors (Lipinski definition) is 1. The van der Waals surface area contributed by atoms with E-state index in [2.05, 4.69) is 11.9 Å². The van der Waals surface area contributed by atoms with Gasteiger partial charge in [-0.1, -0.05) is 42.5 Å². The SMILES string of the molecule is C=CCN1C(=O)/C(=C/C2CCN(C(=O)OCc3ccccc3)CC2)C(=O)NC1=S.